The monoisotopic (exact) mass is 448 g/mol. The van der Waals surface area contributed by atoms with E-state index in [2.05, 4.69) is 5.32 Å². The van der Waals surface area contributed by atoms with Crippen LogP contribution < -0.4 is 20.1 Å². The van der Waals surface area contributed by atoms with Gasteiger partial charge in [-0.2, -0.15) is 13.2 Å². The van der Waals surface area contributed by atoms with Crippen molar-refractivity contribution in [1.29, 1.82) is 0 Å². The van der Waals surface area contributed by atoms with E-state index in [0.717, 1.165) is 24.3 Å². The molecule has 6 nitrogen and oxygen atoms in total. The zero-order valence-electron chi connectivity index (χ0n) is 16.5. The molecule has 32 heavy (non-hydrogen) atoms. The summed E-state index contributed by atoms with van der Waals surface area (Å²) in [7, 11) is 1.38. The number of benzene rings is 3. The van der Waals surface area contributed by atoms with Crippen LogP contribution in [0.1, 0.15) is 15.9 Å². The van der Waals surface area contributed by atoms with Crippen LogP contribution in [0.15, 0.2) is 66.7 Å². The van der Waals surface area contributed by atoms with Crippen LogP contribution >= 0.6 is 0 Å². The van der Waals surface area contributed by atoms with Gasteiger partial charge in [0.15, 0.2) is 17.2 Å². The van der Waals surface area contributed by atoms with E-state index in [0.29, 0.717) is 11.8 Å². The molecule has 3 aromatic carbocycles. The number of hydrogen-bond acceptors (Lipinski definition) is 4. The molecule has 3 rings (SSSR count). The van der Waals surface area contributed by atoms with Crippen molar-refractivity contribution in [1.82, 2.24) is 5.32 Å². The quantitative estimate of drug-likeness (QED) is 0.498. The maximum Gasteiger partial charge on any atom is 0.416 e. The van der Waals surface area contributed by atoms with Crippen LogP contribution in [-0.2, 0) is 6.18 Å². The number of amides is 3. The SMILES string of the molecule is COc1ccccc1Oc1ccc(C(F)(F)F)cc1NC(=O)NC(=O)c1ccccc1F. The molecule has 0 radical (unpaired) electrons. The molecule has 0 aliphatic carbocycles. The summed E-state index contributed by atoms with van der Waals surface area (Å²) in [4.78, 5) is 24.4. The van der Waals surface area contributed by atoms with Crippen molar-refractivity contribution in [2.24, 2.45) is 0 Å². The van der Waals surface area contributed by atoms with Gasteiger partial charge in [0, 0.05) is 0 Å². The number of rotatable bonds is 5. The molecule has 0 heterocycles. The van der Waals surface area contributed by atoms with Crippen LogP contribution in [0.3, 0.4) is 0 Å². The molecule has 0 aliphatic rings. The molecule has 0 saturated carbocycles. The number of urea groups is 1. The average Bonchev–Trinajstić information content (AvgIpc) is 2.74. The number of imide groups is 1. The third kappa shape index (κ3) is 5.34. The summed E-state index contributed by atoms with van der Waals surface area (Å²) in [6, 6.07) is 12.6. The van der Waals surface area contributed by atoms with Gasteiger partial charge in [-0.05, 0) is 42.5 Å². The normalized spacial score (nSPS) is 10.9. The van der Waals surface area contributed by atoms with Crippen molar-refractivity contribution in [3.63, 3.8) is 0 Å². The van der Waals surface area contributed by atoms with Gasteiger partial charge >= 0.3 is 12.2 Å². The summed E-state index contributed by atoms with van der Waals surface area (Å²) in [6.45, 7) is 0. The van der Waals surface area contributed by atoms with Gasteiger partial charge in [-0.3, -0.25) is 10.1 Å². The Morgan fingerprint density at radius 1 is 0.875 bits per heavy atom. The molecule has 3 aromatic rings. The second kappa shape index (κ2) is 9.38. The van der Waals surface area contributed by atoms with Gasteiger partial charge < -0.3 is 14.8 Å². The maximum absolute atomic E-state index is 13.7. The second-order valence-corrected chi connectivity index (χ2v) is 6.35. The largest absolute Gasteiger partial charge is 0.493 e. The molecule has 0 aromatic heterocycles. The predicted molar refractivity (Wildman–Crippen MR) is 107 cm³/mol. The summed E-state index contributed by atoms with van der Waals surface area (Å²) in [6.07, 6.45) is -4.70. The van der Waals surface area contributed by atoms with Crippen molar-refractivity contribution < 1.29 is 36.6 Å². The number of carbonyl (C=O) groups excluding carboxylic acids is 2. The molecule has 3 amide bonds. The van der Waals surface area contributed by atoms with E-state index >= 15 is 0 Å². The highest BCUT2D eigenvalue weighted by Crippen LogP contribution is 2.39. The van der Waals surface area contributed by atoms with E-state index in [-0.39, 0.29) is 17.2 Å². The van der Waals surface area contributed by atoms with Gasteiger partial charge in [-0.15, -0.1) is 0 Å². The fraction of sp³-hybridized carbons (Fsp3) is 0.0909. The molecule has 0 atom stereocenters. The minimum atomic E-state index is -4.70. The zero-order chi connectivity index (χ0) is 23.3. The summed E-state index contributed by atoms with van der Waals surface area (Å²) < 4.78 is 64.0. The first-order valence-corrected chi connectivity index (χ1v) is 9.08. The van der Waals surface area contributed by atoms with Crippen molar-refractivity contribution in [3.8, 4) is 17.2 Å². The molecule has 0 bridgehead atoms. The highest BCUT2D eigenvalue weighted by atomic mass is 19.4. The highest BCUT2D eigenvalue weighted by Gasteiger charge is 2.31. The third-order valence-electron chi connectivity index (χ3n) is 4.19. The van der Waals surface area contributed by atoms with E-state index in [1.165, 1.54) is 25.3 Å². The first-order valence-electron chi connectivity index (χ1n) is 9.08. The number of ether oxygens (including phenoxy) is 2. The standard InChI is InChI=1S/C22H16F4N2O4/c1-31-18-8-4-5-9-19(18)32-17-11-10-13(22(24,25)26)12-16(17)27-21(30)28-20(29)14-6-2-3-7-15(14)23/h2-12H,1H3,(H2,27,28,29,30). The summed E-state index contributed by atoms with van der Waals surface area (Å²) in [5, 5.41) is 4.01. The Bertz CT molecular complexity index is 1150. The molecule has 10 heteroatoms. The number of nitrogens with one attached hydrogen (secondary N) is 2. The van der Waals surface area contributed by atoms with E-state index < -0.39 is 35.1 Å². The lowest BCUT2D eigenvalue weighted by Gasteiger charge is -2.16. The molecule has 2 N–H and O–H groups in total. The van der Waals surface area contributed by atoms with Gasteiger partial charge in [0.25, 0.3) is 5.91 Å². The number of anilines is 1. The summed E-state index contributed by atoms with van der Waals surface area (Å²) >= 11 is 0. The van der Waals surface area contributed by atoms with Crippen LogP contribution in [0, 0.1) is 5.82 Å². The highest BCUT2D eigenvalue weighted by molar-refractivity contribution is 6.08. The molecule has 0 saturated heterocycles. The fourth-order valence-corrected chi connectivity index (χ4v) is 2.68. The van der Waals surface area contributed by atoms with Crippen molar-refractivity contribution in [3.05, 3.63) is 83.7 Å². The Morgan fingerprint density at radius 2 is 1.53 bits per heavy atom. The number of methoxy groups -OCH3 is 1. The number of hydrogen-bond donors (Lipinski definition) is 2. The molecular weight excluding hydrogens is 432 g/mol. The Morgan fingerprint density at radius 3 is 2.19 bits per heavy atom. The van der Waals surface area contributed by atoms with Gasteiger partial charge in [-0.1, -0.05) is 24.3 Å². The lowest BCUT2D eigenvalue weighted by Crippen LogP contribution is -2.35. The Kier molecular flexibility index (Phi) is 6.62. The molecule has 0 fully saturated rings. The third-order valence-corrected chi connectivity index (χ3v) is 4.19. The molecule has 0 unspecified atom stereocenters. The van der Waals surface area contributed by atoms with Gasteiger partial charge in [0.2, 0.25) is 0 Å². The van der Waals surface area contributed by atoms with Crippen LogP contribution in [0.25, 0.3) is 0 Å². The van der Waals surface area contributed by atoms with Crippen molar-refractivity contribution in [2.75, 3.05) is 12.4 Å². The Labute approximate surface area is 179 Å². The topological polar surface area (TPSA) is 76.7 Å². The maximum atomic E-state index is 13.7. The minimum Gasteiger partial charge on any atom is -0.493 e. The summed E-state index contributed by atoms with van der Waals surface area (Å²) in [5.74, 6) is -1.59. The van der Waals surface area contributed by atoms with Gasteiger partial charge in [0.05, 0.1) is 23.9 Å². The lowest BCUT2D eigenvalue weighted by atomic mass is 10.1. The number of alkyl halides is 3. The minimum absolute atomic E-state index is 0.143. The lowest BCUT2D eigenvalue weighted by molar-refractivity contribution is -0.137. The van der Waals surface area contributed by atoms with Crippen LogP contribution in [-0.4, -0.2) is 19.0 Å². The number of carbonyl (C=O) groups is 2. The van der Waals surface area contributed by atoms with E-state index in [1.807, 2.05) is 5.32 Å². The molecule has 0 spiro atoms. The summed E-state index contributed by atoms with van der Waals surface area (Å²) in [5.41, 5.74) is -1.83. The first kappa shape index (κ1) is 22.6. The van der Waals surface area contributed by atoms with E-state index in [4.69, 9.17) is 9.47 Å². The van der Waals surface area contributed by atoms with E-state index in [9.17, 15) is 27.2 Å². The first-order chi connectivity index (χ1) is 15.2. The van der Waals surface area contributed by atoms with Crippen LogP contribution in [0.5, 0.6) is 17.2 Å². The zero-order valence-corrected chi connectivity index (χ0v) is 16.5. The van der Waals surface area contributed by atoms with E-state index in [1.54, 1.807) is 18.2 Å². The Hall–Kier alpha value is -4.08. The second-order valence-electron chi connectivity index (χ2n) is 6.35. The van der Waals surface area contributed by atoms with Crippen molar-refractivity contribution in [2.45, 2.75) is 6.18 Å². The smallest absolute Gasteiger partial charge is 0.416 e. The predicted octanol–water partition coefficient (Wildman–Crippen LogP) is 5.61. The number of halogens is 4. The molecular formula is C22H16F4N2O4. The molecule has 0 aliphatic heterocycles. The Balaban J connectivity index is 1.88. The average molecular weight is 448 g/mol. The van der Waals surface area contributed by atoms with Crippen LogP contribution in [0.4, 0.5) is 28.0 Å². The molecule has 166 valence electrons. The van der Waals surface area contributed by atoms with Crippen LogP contribution in [0.2, 0.25) is 0 Å². The fourth-order valence-electron chi connectivity index (χ4n) is 2.68. The van der Waals surface area contributed by atoms with Gasteiger partial charge in [-0.25, -0.2) is 9.18 Å². The van der Waals surface area contributed by atoms with Gasteiger partial charge in [0.1, 0.15) is 5.82 Å². The number of para-hydroxylation sites is 2. The van der Waals surface area contributed by atoms with Crippen molar-refractivity contribution >= 4 is 17.6 Å².